The number of halogens is 5. The molecule has 0 radical (unpaired) electrons. The van der Waals surface area contributed by atoms with E-state index in [1.165, 1.54) is 48.5 Å². The van der Waals surface area contributed by atoms with Gasteiger partial charge in [-0.15, -0.1) is 0 Å². The van der Waals surface area contributed by atoms with Crippen LogP contribution in [0.2, 0.25) is 0 Å². The zero-order valence-electron chi connectivity index (χ0n) is 25.2. The number of rotatable bonds is 7. The summed E-state index contributed by atoms with van der Waals surface area (Å²) in [6.07, 6.45) is -2.88. The summed E-state index contributed by atoms with van der Waals surface area (Å²) in [5.74, 6) is -3.49. The Morgan fingerprint density at radius 1 is 0.837 bits per heavy atom. The highest BCUT2D eigenvalue weighted by atomic mass is 32.2. The first-order chi connectivity index (χ1) is 23.4. The van der Waals surface area contributed by atoms with E-state index in [0.29, 0.717) is 0 Å². The summed E-state index contributed by atoms with van der Waals surface area (Å²) in [5.41, 5.74) is -1.69. The third kappa shape index (κ3) is 5.62. The van der Waals surface area contributed by atoms with Crippen LogP contribution in [0.5, 0.6) is 0 Å². The minimum atomic E-state index is -4.73. The molecule has 6 rings (SSSR count). The molecule has 0 bridgehead atoms. The van der Waals surface area contributed by atoms with Crippen LogP contribution in [0.25, 0.3) is 49.3 Å². The Balaban J connectivity index is 1.77. The molecule has 0 aliphatic carbocycles. The zero-order chi connectivity index (χ0) is 35.2. The predicted octanol–water partition coefficient (Wildman–Crippen LogP) is 9.86. The Morgan fingerprint density at radius 2 is 1.49 bits per heavy atom. The molecule has 0 spiro atoms. The third-order valence-electron chi connectivity index (χ3n) is 7.96. The van der Waals surface area contributed by atoms with Crippen LogP contribution in [0.15, 0.2) is 102 Å². The molecule has 49 heavy (non-hydrogen) atoms. The Kier molecular flexibility index (Phi) is 8.36. The SMILES string of the molecule is [C-]#[N+]c1cccc(C#N)c1-c1c(-c2cccc(-c3c(F)cc(C(C)=O)cc3F)c2)n(S(=O)(=O)c2ccc(C(F)F)cc2)c2ccc(F)cc12. The third-order valence-corrected chi connectivity index (χ3v) is 9.69. The highest BCUT2D eigenvalue weighted by Crippen LogP contribution is 2.48. The number of Topliss-reactive ketones (excluding diaryl/α,β-unsaturated/α-hetero) is 1. The van der Waals surface area contributed by atoms with Gasteiger partial charge < -0.3 is 0 Å². The van der Waals surface area contributed by atoms with E-state index in [2.05, 4.69) is 4.85 Å². The molecule has 0 atom stereocenters. The van der Waals surface area contributed by atoms with Gasteiger partial charge >= 0.3 is 0 Å². The fourth-order valence-electron chi connectivity index (χ4n) is 5.75. The summed E-state index contributed by atoms with van der Waals surface area (Å²) >= 11 is 0. The molecule has 1 heterocycles. The second-order valence-electron chi connectivity index (χ2n) is 10.9. The van der Waals surface area contributed by atoms with Gasteiger partial charge in [-0.05, 0) is 67.1 Å². The fraction of sp³-hybridized carbons (Fsp3) is 0.0541. The molecule has 5 aromatic carbocycles. The van der Waals surface area contributed by atoms with Gasteiger partial charge in [-0.2, -0.15) is 5.26 Å². The normalized spacial score (nSPS) is 11.4. The highest BCUT2D eigenvalue weighted by molar-refractivity contribution is 7.90. The van der Waals surface area contributed by atoms with Crippen molar-refractivity contribution in [3.8, 4) is 39.6 Å². The van der Waals surface area contributed by atoms with Gasteiger partial charge in [0.1, 0.15) is 17.5 Å². The molecule has 0 N–H and O–H groups in total. The molecular formula is C37H20F5N3O3S. The summed E-state index contributed by atoms with van der Waals surface area (Å²) in [6, 6.07) is 20.5. The summed E-state index contributed by atoms with van der Waals surface area (Å²) in [7, 11) is -4.73. The Bertz CT molecular complexity index is 2480. The maximum Gasteiger partial charge on any atom is 0.268 e. The summed E-state index contributed by atoms with van der Waals surface area (Å²) in [6.45, 7) is 8.99. The highest BCUT2D eigenvalue weighted by Gasteiger charge is 2.31. The van der Waals surface area contributed by atoms with Crippen molar-refractivity contribution in [3.05, 3.63) is 143 Å². The molecule has 0 saturated carbocycles. The number of fused-ring (bicyclic) bond motifs is 1. The molecule has 0 saturated heterocycles. The predicted molar refractivity (Wildman–Crippen MR) is 173 cm³/mol. The van der Waals surface area contributed by atoms with Gasteiger partial charge in [0.15, 0.2) is 11.5 Å². The number of nitrogens with zero attached hydrogens (tertiary/aromatic N) is 3. The van der Waals surface area contributed by atoms with E-state index >= 15 is 8.78 Å². The molecule has 0 unspecified atom stereocenters. The van der Waals surface area contributed by atoms with Crippen LogP contribution in [0.4, 0.5) is 27.6 Å². The van der Waals surface area contributed by atoms with Crippen molar-refractivity contribution in [1.82, 2.24) is 3.97 Å². The molecule has 12 heteroatoms. The van der Waals surface area contributed by atoms with Crippen molar-refractivity contribution in [3.63, 3.8) is 0 Å². The van der Waals surface area contributed by atoms with E-state index in [4.69, 9.17) is 6.57 Å². The van der Waals surface area contributed by atoms with E-state index in [1.807, 2.05) is 6.07 Å². The number of benzene rings is 5. The van der Waals surface area contributed by atoms with E-state index in [0.717, 1.165) is 59.4 Å². The van der Waals surface area contributed by atoms with Crippen LogP contribution in [0.3, 0.4) is 0 Å². The molecule has 0 fully saturated rings. The summed E-state index contributed by atoms with van der Waals surface area (Å²) in [5, 5.41) is 10.1. The second kappa shape index (κ2) is 12.5. The standard InChI is InChI=1S/C37H20F5N3O3S/c1-20(46)25-16-29(39)33(30(40)17-25)22-5-3-6-23(15-22)36-35(34-24(19-43)7-4-8-31(34)44-2)28-18-26(38)11-14-32(28)45(36)49(47,48)27-12-9-21(10-13-27)37(41)42/h3-18,37H,1H3. The lowest BCUT2D eigenvalue weighted by Crippen LogP contribution is -2.14. The molecule has 0 aliphatic heterocycles. The number of ketones is 1. The second-order valence-corrected chi connectivity index (χ2v) is 12.7. The summed E-state index contributed by atoms with van der Waals surface area (Å²) < 4.78 is 102. The quantitative estimate of drug-likeness (QED) is 0.0954. The zero-order valence-corrected chi connectivity index (χ0v) is 26.0. The van der Waals surface area contributed by atoms with Crippen molar-refractivity contribution >= 4 is 32.4 Å². The van der Waals surface area contributed by atoms with E-state index in [-0.39, 0.29) is 55.7 Å². The number of carbonyl (C=O) groups is 1. The summed E-state index contributed by atoms with van der Waals surface area (Å²) in [4.78, 5) is 14.9. The van der Waals surface area contributed by atoms with Crippen LogP contribution >= 0.6 is 0 Å². The number of nitriles is 1. The molecule has 242 valence electrons. The Labute approximate surface area is 276 Å². The minimum Gasteiger partial charge on any atom is -0.295 e. The van der Waals surface area contributed by atoms with Crippen LogP contribution in [0, 0.1) is 35.4 Å². The molecule has 0 amide bonds. The Morgan fingerprint density at radius 3 is 2.10 bits per heavy atom. The van der Waals surface area contributed by atoms with Crippen molar-refractivity contribution in [2.75, 3.05) is 0 Å². The first-order valence-electron chi connectivity index (χ1n) is 14.4. The number of hydrogen-bond acceptors (Lipinski definition) is 4. The van der Waals surface area contributed by atoms with Crippen molar-refractivity contribution < 1.29 is 35.2 Å². The molecule has 1 aromatic heterocycles. The van der Waals surface area contributed by atoms with Crippen LogP contribution in [0.1, 0.15) is 34.8 Å². The van der Waals surface area contributed by atoms with Gasteiger partial charge in [-0.3, -0.25) is 4.79 Å². The minimum absolute atomic E-state index is 0.0231. The average Bonchev–Trinajstić information content (AvgIpc) is 3.42. The van der Waals surface area contributed by atoms with E-state index in [1.54, 1.807) is 0 Å². The first kappa shape index (κ1) is 32.8. The first-order valence-corrected chi connectivity index (χ1v) is 15.8. The van der Waals surface area contributed by atoms with Crippen LogP contribution in [-0.4, -0.2) is 18.2 Å². The molecule has 0 aliphatic rings. The molecule has 6 nitrogen and oxygen atoms in total. The Hall–Kier alpha value is -6.11. The van der Waals surface area contributed by atoms with Gasteiger partial charge in [-0.25, -0.2) is 39.2 Å². The average molecular weight is 682 g/mol. The maximum absolute atomic E-state index is 15.4. The topological polar surface area (TPSA) is 84.3 Å². The van der Waals surface area contributed by atoms with Crippen molar-refractivity contribution in [2.45, 2.75) is 18.2 Å². The van der Waals surface area contributed by atoms with E-state index in [9.17, 15) is 31.6 Å². The smallest absolute Gasteiger partial charge is 0.268 e. The van der Waals surface area contributed by atoms with Crippen molar-refractivity contribution in [2.24, 2.45) is 0 Å². The van der Waals surface area contributed by atoms with Gasteiger partial charge in [-0.1, -0.05) is 42.5 Å². The van der Waals surface area contributed by atoms with Crippen molar-refractivity contribution in [1.29, 1.82) is 5.26 Å². The van der Waals surface area contributed by atoms with Gasteiger partial charge in [0.05, 0.1) is 34.3 Å². The monoisotopic (exact) mass is 681 g/mol. The molecular weight excluding hydrogens is 661 g/mol. The van der Waals surface area contributed by atoms with Gasteiger partial charge in [0.2, 0.25) is 0 Å². The number of alkyl halides is 2. The van der Waals surface area contributed by atoms with Crippen LogP contribution in [-0.2, 0) is 10.0 Å². The number of aromatic nitrogens is 1. The number of carbonyl (C=O) groups excluding carboxylic acids is 1. The van der Waals surface area contributed by atoms with E-state index < -0.39 is 55.7 Å². The lowest BCUT2D eigenvalue weighted by molar-refractivity contribution is 0.101. The van der Waals surface area contributed by atoms with Gasteiger partial charge in [0.25, 0.3) is 16.4 Å². The maximum atomic E-state index is 15.4. The molecule has 6 aromatic rings. The number of hydrogen-bond donors (Lipinski definition) is 0. The lowest BCUT2D eigenvalue weighted by Gasteiger charge is -2.16. The lowest BCUT2D eigenvalue weighted by atomic mass is 9.92. The fourth-order valence-corrected chi connectivity index (χ4v) is 7.30. The van der Waals surface area contributed by atoms with Crippen LogP contribution < -0.4 is 0 Å². The largest absolute Gasteiger partial charge is 0.295 e. The van der Waals surface area contributed by atoms with Gasteiger partial charge in [0, 0.05) is 38.8 Å².